The first-order chi connectivity index (χ1) is 8.38. The summed E-state index contributed by atoms with van der Waals surface area (Å²) in [5.41, 5.74) is 2.27. The average Bonchev–Trinajstić information content (AvgIpc) is 2.96. The van der Waals surface area contributed by atoms with Crippen molar-refractivity contribution in [3.63, 3.8) is 0 Å². The van der Waals surface area contributed by atoms with Crippen molar-refractivity contribution in [3.8, 4) is 0 Å². The second-order valence-electron chi connectivity index (χ2n) is 3.75. The molecule has 0 saturated heterocycles. The first-order valence-electron chi connectivity index (χ1n) is 5.60. The first-order valence-corrected chi connectivity index (χ1v) is 6.54. The second-order valence-corrected chi connectivity index (χ2v) is 4.53. The second kappa shape index (κ2) is 6.48. The summed E-state index contributed by atoms with van der Waals surface area (Å²) < 4.78 is 1.65. The predicted octanol–water partition coefficient (Wildman–Crippen LogP) is 0.664. The lowest BCUT2D eigenvalue weighted by Crippen LogP contribution is -2.16. The van der Waals surface area contributed by atoms with E-state index in [-0.39, 0.29) is 6.61 Å². The van der Waals surface area contributed by atoms with Gasteiger partial charge in [-0.05, 0) is 35.4 Å². The number of hydrogen-bond acceptors (Lipinski definition) is 5. The molecular weight excluding hydrogens is 236 g/mol. The third-order valence-corrected chi connectivity index (χ3v) is 3.12. The summed E-state index contributed by atoms with van der Waals surface area (Å²) in [5.74, 6) is 0. The maximum Gasteiger partial charge on any atom is 0.0964 e. The summed E-state index contributed by atoms with van der Waals surface area (Å²) in [7, 11) is 0. The van der Waals surface area contributed by atoms with Crippen molar-refractivity contribution in [1.82, 2.24) is 20.3 Å². The van der Waals surface area contributed by atoms with Gasteiger partial charge in [0.15, 0.2) is 0 Å². The minimum atomic E-state index is 0.0917. The van der Waals surface area contributed by atoms with Crippen molar-refractivity contribution in [3.05, 3.63) is 34.3 Å². The molecule has 6 heteroatoms. The topological polar surface area (TPSA) is 63.0 Å². The predicted molar refractivity (Wildman–Crippen MR) is 66.8 cm³/mol. The lowest BCUT2D eigenvalue weighted by atomic mass is 10.2. The Labute approximate surface area is 104 Å². The van der Waals surface area contributed by atoms with Gasteiger partial charge < -0.3 is 10.4 Å². The summed E-state index contributed by atoms with van der Waals surface area (Å²) >= 11 is 1.73. The Morgan fingerprint density at radius 1 is 1.47 bits per heavy atom. The van der Waals surface area contributed by atoms with Crippen molar-refractivity contribution in [2.75, 3.05) is 13.2 Å². The molecule has 0 saturated carbocycles. The van der Waals surface area contributed by atoms with Gasteiger partial charge >= 0.3 is 0 Å². The SMILES string of the molecule is OCCn1cc(CNCCc2ccsc2)nn1. The highest BCUT2D eigenvalue weighted by atomic mass is 32.1. The molecular formula is C11H16N4OS. The van der Waals surface area contributed by atoms with E-state index in [0.717, 1.165) is 25.2 Å². The van der Waals surface area contributed by atoms with E-state index >= 15 is 0 Å². The van der Waals surface area contributed by atoms with E-state index in [4.69, 9.17) is 5.11 Å². The molecule has 17 heavy (non-hydrogen) atoms. The van der Waals surface area contributed by atoms with Gasteiger partial charge in [-0.25, -0.2) is 4.68 Å². The summed E-state index contributed by atoms with van der Waals surface area (Å²) in [6.07, 6.45) is 2.89. The van der Waals surface area contributed by atoms with Gasteiger partial charge in [0.05, 0.1) is 18.8 Å². The van der Waals surface area contributed by atoms with Crippen LogP contribution in [0.4, 0.5) is 0 Å². The third-order valence-electron chi connectivity index (χ3n) is 2.39. The van der Waals surface area contributed by atoms with Crippen LogP contribution < -0.4 is 5.32 Å². The number of aliphatic hydroxyl groups is 1. The molecule has 0 radical (unpaired) electrons. The van der Waals surface area contributed by atoms with E-state index in [0.29, 0.717) is 6.54 Å². The number of thiophene rings is 1. The Balaban J connectivity index is 1.67. The molecule has 2 aromatic heterocycles. The molecule has 0 fully saturated rings. The number of nitrogens with one attached hydrogen (secondary N) is 1. The van der Waals surface area contributed by atoms with Crippen LogP contribution in [-0.2, 0) is 19.5 Å². The van der Waals surface area contributed by atoms with Gasteiger partial charge in [0.1, 0.15) is 0 Å². The molecule has 0 aliphatic carbocycles. The molecule has 5 nitrogen and oxygen atoms in total. The molecule has 2 aromatic rings. The monoisotopic (exact) mass is 252 g/mol. The molecule has 0 amide bonds. The fourth-order valence-corrected chi connectivity index (χ4v) is 2.22. The van der Waals surface area contributed by atoms with E-state index in [2.05, 4.69) is 32.5 Å². The average molecular weight is 252 g/mol. The number of nitrogens with zero attached hydrogens (tertiary/aromatic N) is 3. The first kappa shape index (κ1) is 12.2. The summed E-state index contributed by atoms with van der Waals surface area (Å²) in [6.45, 7) is 2.25. The van der Waals surface area contributed by atoms with Gasteiger partial charge in [-0.3, -0.25) is 0 Å². The lowest BCUT2D eigenvalue weighted by Gasteiger charge is -2.00. The molecule has 0 unspecified atom stereocenters. The molecule has 0 aromatic carbocycles. The largest absolute Gasteiger partial charge is 0.394 e. The van der Waals surface area contributed by atoms with Crippen LogP contribution in [0.15, 0.2) is 23.0 Å². The van der Waals surface area contributed by atoms with E-state index < -0.39 is 0 Å². The normalized spacial score (nSPS) is 10.9. The van der Waals surface area contributed by atoms with Gasteiger partial charge in [-0.1, -0.05) is 5.21 Å². The van der Waals surface area contributed by atoms with E-state index in [1.54, 1.807) is 16.0 Å². The molecule has 2 heterocycles. The van der Waals surface area contributed by atoms with Gasteiger partial charge in [0.2, 0.25) is 0 Å². The molecule has 0 aliphatic rings. The summed E-state index contributed by atoms with van der Waals surface area (Å²) in [6, 6.07) is 2.14. The number of aliphatic hydroxyl groups excluding tert-OH is 1. The molecule has 0 spiro atoms. The van der Waals surface area contributed by atoms with Crippen LogP contribution in [0.3, 0.4) is 0 Å². The molecule has 0 bridgehead atoms. The number of aromatic nitrogens is 3. The third kappa shape index (κ3) is 3.92. The fraction of sp³-hybridized carbons (Fsp3) is 0.455. The Hall–Kier alpha value is -1.24. The van der Waals surface area contributed by atoms with Crippen LogP contribution >= 0.6 is 11.3 Å². The highest BCUT2D eigenvalue weighted by Gasteiger charge is 1.99. The zero-order valence-corrected chi connectivity index (χ0v) is 10.4. The van der Waals surface area contributed by atoms with E-state index in [9.17, 15) is 0 Å². The van der Waals surface area contributed by atoms with Gasteiger partial charge in [0.25, 0.3) is 0 Å². The van der Waals surface area contributed by atoms with Crippen LogP contribution in [0.25, 0.3) is 0 Å². The van der Waals surface area contributed by atoms with Crippen LogP contribution in [0.2, 0.25) is 0 Å². The van der Waals surface area contributed by atoms with Crippen molar-refractivity contribution in [2.24, 2.45) is 0 Å². The lowest BCUT2D eigenvalue weighted by molar-refractivity contribution is 0.268. The maximum atomic E-state index is 8.75. The van der Waals surface area contributed by atoms with Crippen LogP contribution in [0.5, 0.6) is 0 Å². The minimum Gasteiger partial charge on any atom is -0.394 e. The van der Waals surface area contributed by atoms with Crippen molar-refractivity contribution in [1.29, 1.82) is 0 Å². The molecule has 0 aliphatic heterocycles. The fourth-order valence-electron chi connectivity index (χ4n) is 1.52. The van der Waals surface area contributed by atoms with Crippen molar-refractivity contribution in [2.45, 2.75) is 19.5 Å². The smallest absolute Gasteiger partial charge is 0.0964 e. The van der Waals surface area contributed by atoms with Crippen molar-refractivity contribution < 1.29 is 5.11 Å². The number of rotatable bonds is 7. The molecule has 0 atom stereocenters. The van der Waals surface area contributed by atoms with Crippen LogP contribution in [0.1, 0.15) is 11.3 Å². The minimum absolute atomic E-state index is 0.0917. The van der Waals surface area contributed by atoms with Crippen LogP contribution in [0, 0.1) is 0 Å². The van der Waals surface area contributed by atoms with E-state index in [1.807, 2.05) is 6.20 Å². The van der Waals surface area contributed by atoms with Crippen molar-refractivity contribution >= 4 is 11.3 Å². The Bertz CT molecular complexity index is 426. The molecule has 92 valence electrons. The quantitative estimate of drug-likeness (QED) is 0.711. The van der Waals surface area contributed by atoms with Gasteiger partial charge in [-0.15, -0.1) is 5.10 Å². The number of hydrogen-bond donors (Lipinski definition) is 2. The zero-order valence-electron chi connectivity index (χ0n) is 9.54. The van der Waals surface area contributed by atoms with E-state index in [1.165, 1.54) is 5.56 Å². The Kier molecular flexibility index (Phi) is 4.66. The Morgan fingerprint density at radius 3 is 3.18 bits per heavy atom. The Morgan fingerprint density at radius 2 is 2.41 bits per heavy atom. The highest BCUT2D eigenvalue weighted by molar-refractivity contribution is 7.07. The highest BCUT2D eigenvalue weighted by Crippen LogP contribution is 2.05. The van der Waals surface area contributed by atoms with Gasteiger partial charge in [-0.2, -0.15) is 11.3 Å². The molecule has 2 N–H and O–H groups in total. The summed E-state index contributed by atoms with van der Waals surface area (Å²) in [5, 5.41) is 24.2. The standard InChI is InChI=1S/C11H16N4OS/c16-5-4-15-8-11(13-14-15)7-12-3-1-10-2-6-17-9-10/h2,6,8-9,12,16H,1,3-5,7H2. The maximum absolute atomic E-state index is 8.75. The van der Waals surface area contributed by atoms with Crippen LogP contribution in [-0.4, -0.2) is 33.3 Å². The zero-order chi connectivity index (χ0) is 11.9. The summed E-state index contributed by atoms with van der Waals surface area (Å²) in [4.78, 5) is 0. The van der Waals surface area contributed by atoms with Gasteiger partial charge in [0, 0.05) is 12.7 Å². The molecule has 2 rings (SSSR count).